The lowest BCUT2D eigenvalue weighted by Gasteiger charge is -2.33. The summed E-state index contributed by atoms with van der Waals surface area (Å²) in [5.41, 5.74) is 4.68. The van der Waals surface area contributed by atoms with Crippen molar-refractivity contribution in [1.29, 1.82) is 0 Å². The van der Waals surface area contributed by atoms with Gasteiger partial charge in [-0.1, -0.05) is 25.6 Å². The highest BCUT2D eigenvalue weighted by atomic mass is 32.2. The maximum absolute atomic E-state index is 6.21. The van der Waals surface area contributed by atoms with Crippen LogP contribution in [0.25, 0.3) is 20.4 Å². The van der Waals surface area contributed by atoms with Crippen molar-refractivity contribution in [2.75, 3.05) is 38.8 Å². The van der Waals surface area contributed by atoms with Crippen molar-refractivity contribution in [1.82, 2.24) is 15.0 Å². The minimum Gasteiger partial charge on any atom is -0.370 e. The second kappa shape index (κ2) is 8.81. The van der Waals surface area contributed by atoms with Crippen LogP contribution < -0.4 is 10.2 Å². The number of hydrogen-bond donors (Lipinski definition) is 2. The molecule has 8 heteroatoms. The number of thioether (sulfide) groups is 1. The molecule has 3 aromatic rings. The summed E-state index contributed by atoms with van der Waals surface area (Å²) in [5.74, 6) is 1.48. The van der Waals surface area contributed by atoms with Crippen LogP contribution in [-0.2, 0) is 24.2 Å². The molecular weight excluding hydrogens is 426 g/mol. The van der Waals surface area contributed by atoms with E-state index in [2.05, 4.69) is 47.1 Å². The summed E-state index contributed by atoms with van der Waals surface area (Å²) in [6, 6.07) is 0. The fourth-order valence-corrected chi connectivity index (χ4v) is 5.61. The van der Waals surface area contributed by atoms with Gasteiger partial charge in [0.25, 0.3) is 0 Å². The van der Waals surface area contributed by atoms with Gasteiger partial charge in [0.05, 0.1) is 49.6 Å². The summed E-state index contributed by atoms with van der Waals surface area (Å²) >= 11 is 3.32. The number of rotatable bonds is 7. The van der Waals surface area contributed by atoms with Crippen LogP contribution in [-0.4, -0.2) is 54.0 Å². The van der Waals surface area contributed by atoms with Crippen molar-refractivity contribution < 1.29 is 9.64 Å². The van der Waals surface area contributed by atoms with E-state index in [0.717, 1.165) is 52.0 Å². The first-order chi connectivity index (χ1) is 14.7. The van der Waals surface area contributed by atoms with E-state index in [0.29, 0.717) is 12.5 Å². The van der Waals surface area contributed by atoms with Gasteiger partial charge in [0.15, 0.2) is 5.16 Å². The van der Waals surface area contributed by atoms with Crippen LogP contribution in [0.4, 0.5) is 5.82 Å². The second-order valence-corrected chi connectivity index (χ2v) is 11.5. The van der Waals surface area contributed by atoms with Crippen LogP contribution in [0.3, 0.4) is 0 Å². The molecule has 0 radical (unpaired) electrons. The van der Waals surface area contributed by atoms with Crippen LogP contribution in [0, 0.1) is 5.92 Å². The second-order valence-electron chi connectivity index (χ2n) is 9.74. The molecule has 1 aliphatic rings. The molecule has 6 nitrogen and oxygen atoms in total. The largest absolute Gasteiger partial charge is 0.370 e. The quantitative estimate of drug-likeness (QED) is 0.415. The number of ether oxygens (including phenoxy) is 1. The molecule has 1 aliphatic heterocycles. The maximum atomic E-state index is 6.21. The molecule has 0 bridgehead atoms. The topological polar surface area (TPSA) is 64.4 Å². The van der Waals surface area contributed by atoms with E-state index in [1.165, 1.54) is 27.1 Å². The molecular formula is C23H34N5OS2+. The van der Waals surface area contributed by atoms with E-state index in [4.69, 9.17) is 19.7 Å². The Morgan fingerprint density at radius 1 is 1.19 bits per heavy atom. The molecule has 0 saturated carbocycles. The van der Waals surface area contributed by atoms with Crippen molar-refractivity contribution in [3.05, 3.63) is 16.8 Å². The third-order valence-electron chi connectivity index (χ3n) is 5.66. The average Bonchev–Trinajstić information content (AvgIpc) is 3.04. The Morgan fingerprint density at radius 3 is 2.65 bits per heavy atom. The monoisotopic (exact) mass is 460 g/mol. The number of pyridine rings is 1. The van der Waals surface area contributed by atoms with Gasteiger partial charge in [0.2, 0.25) is 0 Å². The van der Waals surface area contributed by atoms with Gasteiger partial charge >= 0.3 is 0 Å². The Balaban J connectivity index is 1.95. The molecule has 0 atom stereocenters. The number of anilines is 1. The Bertz CT molecular complexity index is 1110. The summed E-state index contributed by atoms with van der Waals surface area (Å²) in [6.07, 6.45) is 3.88. The molecule has 31 heavy (non-hydrogen) atoms. The molecule has 0 aliphatic carbocycles. The number of quaternary nitrogens is 1. The van der Waals surface area contributed by atoms with E-state index in [-0.39, 0.29) is 5.60 Å². The summed E-state index contributed by atoms with van der Waals surface area (Å²) in [5, 5.41) is 5.58. The fourth-order valence-electron chi connectivity index (χ4n) is 4.12. The van der Waals surface area contributed by atoms with Gasteiger partial charge in [-0.25, -0.2) is 15.0 Å². The molecule has 3 aromatic heterocycles. The standard InChI is InChI=1S/C23H33N5OS2/c1-13(2)10-16-15-12-29-23(3,4)11-14(15)17-18-19(31-21(17)25-16)20(24-8-9-28(5)6)27-22(26-18)30-7/h13H,8-12H2,1-7H3,(H,24,26,27)/p+1. The molecule has 4 rings (SSSR count). The summed E-state index contributed by atoms with van der Waals surface area (Å²) in [7, 11) is 4.33. The van der Waals surface area contributed by atoms with Crippen LogP contribution in [0.15, 0.2) is 5.16 Å². The number of thiophene rings is 1. The highest BCUT2D eigenvalue weighted by molar-refractivity contribution is 7.98. The van der Waals surface area contributed by atoms with E-state index in [1.807, 2.05) is 6.26 Å². The van der Waals surface area contributed by atoms with Gasteiger partial charge < -0.3 is 15.0 Å². The molecule has 0 unspecified atom stereocenters. The smallest absolute Gasteiger partial charge is 0.189 e. The highest BCUT2D eigenvalue weighted by Gasteiger charge is 2.32. The summed E-state index contributed by atoms with van der Waals surface area (Å²) in [4.78, 5) is 17.4. The van der Waals surface area contributed by atoms with Crippen molar-refractivity contribution >= 4 is 49.3 Å². The van der Waals surface area contributed by atoms with Crippen molar-refractivity contribution in [3.8, 4) is 0 Å². The van der Waals surface area contributed by atoms with E-state index < -0.39 is 0 Å². The number of fused-ring (bicyclic) bond motifs is 5. The number of nitrogens with one attached hydrogen (secondary N) is 2. The molecule has 0 saturated heterocycles. The van der Waals surface area contributed by atoms with E-state index >= 15 is 0 Å². The Labute approximate surface area is 193 Å². The van der Waals surface area contributed by atoms with E-state index in [1.54, 1.807) is 23.1 Å². The lowest BCUT2D eigenvalue weighted by atomic mass is 9.88. The molecule has 168 valence electrons. The first-order valence-electron chi connectivity index (χ1n) is 11.0. The Kier molecular flexibility index (Phi) is 6.45. The predicted octanol–water partition coefficient (Wildman–Crippen LogP) is 3.57. The summed E-state index contributed by atoms with van der Waals surface area (Å²) < 4.78 is 7.32. The Hall–Kier alpha value is -1.48. The zero-order chi connectivity index (χ0) is 22.3. The van der Waals surface area contributed by atoms with Gasteiger partial charge in [-0.05, 0) is 38.0 Å². The molecule has 0 aromatic carbocycles. The third kappa shape index (κ3) is 4.67. The lowest BCUT2D eigenvalue weighted by molar-refractivity contribution is -0.856. The highest BCUT2D eigenvalue weighted by Crippen LogP contribution is 2.43. The zero-order valence-corrected chi connectivity index (χ0v) is 21.3. The predicted molar refractivity (Wildman–Crippen MR) is 132 cm³/mol. The first-order valence-corrected chi connectivity index (χ1v) is 13.1. The fraction of sp³-hybridized carbons (Fsp3) is 0.609. The van der Waals surface area contributed by atoms with Gasteiger partial charge in [-0.3, -0.25) is 0 Å². The normalized spacial score (nSPS) is 15.9. The molecule has 0 fully saturated rings. The van der Waals surface area contributed by atoms with Crippen molar-refractivity contribution in [2.45, 2.75) is 57.9 Å². The van der Waals surface area contributed by atoms with Gasteiger partial charge in [-0.15, -0.1) is 11.3 Å². The van der Waals surface area contributed by atoms with Crippen LogP contribution in [0.2, 0.25) is 0 Å². The van der Waals surface area contributed by atoms with Crippen molar-refractivity contribution in [3.63, 3.8) is 0 Å². The van der Waals surface area contributed by atoms with Crippen molar-refractivity contribution in [2.24, 2.45) is 5.92 Å². The SMILES string of the molecule is CSc1nc(NCC[NH+](C)C)c2sc3nc(CC(C)C)c4c(c3c2n1)CC(C)(C)OC4. The number of hydrogen-bond acceptors (Lipinski definition) is 7. The third-order valence-corrected chi connectivity index (χ3v) is 7.28. The van der Waals surface area contributed by atoms with Gasteiger partial charge in [0.1, 0.15) is 10.6 Å². The number of nitrogens with zero attached hydrogens (tertiary/aromatic N) is 3. The van der Waals surface area contributed by atoms with Crippen LogP contribution in [0.5, 0.6) is 0 Å². The first kappa shape index (κ1) is 22.7. The molecule has 2 N–H and O–H groups in total. The maximum Gasteiger partial charge on any atom is 0.189 e. The summed E-state index contributed by atoms with van der Waals surface area (Å²) in [6.45, 7) is 11.4. The van der Waals surface area contributed by atoms with Gasteiger partial charge in [-0.2, -0.15) is 0 Å². The Morgan fingerprint density at radius 2 is 1.97 bits per heavy atom. The van der Waals surface area contributed by atoms with Crippen LogP contribution >= 0.6 is 23.1 Å². The minimum atomic E-state index is -0.185. The molecule has 4 heterocycles. The zero-order valence-electron chi connectivity index (χ0n) is 19.7. The number of aromatic nitrogens is 3. The lowest BCUT2D eigenvalue weighted by Crippen LogP contribution is -3.06. The van der Waals surface area contributed by atoms with E-state index in [9.17, 15) is 0 Å². The van der Waals surface area contributed by atoms with Crippen LogP contribution in [0.1, 0.15) is 44.5 Å². The minimum absolute atomic E-state index is 0.185. The number of likely N-dealkylation sites (N-methyl/N-ethyl adjacent to an activating group) is 1. The molecule has 0 amide bonds. The van der Waals surface area contributed by atoms with Gasteiger partial charge in [0, 0.05) is 23.1 Å². The molecule has 0 spiro atoms. The average molecular weight is 461 g/mol.